The minimum Gasteiger partial charge on any atom is -0.491 e. The predicted octanol–water partition coefficient (Wildman–Crippen LogP) is 3.91. The average molecular weight is 438 g/mol. The molecule has 0 aliphatic carbocycles. The van der Waals surface area contributed by atoms with Gasteiger partial charge in [0.25, 0.3) is 0 Å². The largest absolute Gasteiger partial charge is 0.491 e. The molecule has 1 spiro atoms. The standard InChI is InChI=1S/C23H17F3N4O2/c24-23(25,26)14-5-3-7-29-18(14)11-30-19-6-2-1-4-15(19)22(21(30)31)12-32-20-9-17(28)13(10-27)8-16(20)22/h1-10,27H,11-12,28H2. The van der Waals surface area contributed by atoms with E-state index >= 15 is 0 Å². The maximum Gasteiger partial charge on any atom is 0.418 e. The first-order valence-electron chi connectivity index (χ1n) is 9.77. The molecule has 3 aromatic rings. The lowest BCUT2D eigenvalue weighted by molar-refractivity contribution is -0.138. The number of rotatable bonds is 3. The molecule has 1 atom stereocenters. The summed E-state index contributed by atoms with van der Waals surface area (Å²) in [5, 5.41) is 7.62. The van der Waals surface area contributed by atoms with Crippen LogP contribution in [0.3, 0.4) is 0 Å². The third-order valence-corrected chi connectivity index (χ3v) is 6.01. The van der Waals surface area contributed by atoms with E-state index in [2.05, 4.69) is 4.98 Å². The highest BCUT2D eigenvalue weighted by Gasteiger charge is 2.57. The normalized spacial score (nSPS) is 19.1. The van der Waals surface area contributed by atoms with Crippen LogP contribution in [0.4, 0.5) is 24.5 Å². The van der Waals surface area contributed by atoms with E-state index in [0.717, 1.165) is 12.3 Å². The number of amides is 1. The number of nitrogens with one attached hydrogen (secondary N) is 1. The van der Waals surface area contributed by atoms with Gasteiger partial charge in [0.1, 0.15) is 17.8 Å². The fraction of sp³-hybridized carbons (Fsp3) is 0.174. The number of benzene rings is 2. The highest BCUT2D eigenvalue weighted by molar-refractivity contribution is 6.11. The van der Waals surface area contributed by atoms with Gasteiger partial charge < -0.3 is 20.8 Å². The Balaban J connectivity index is 1.66. The molecule has 0 saturated carbocycles. The number of para-hydroxylation sites is 1. The van der Waals surface area contributed by atoms with Gasteiger partial charge in [0, 0.05) is 41.0 Å². The quantitative estimate of drug-likeness (QED) is 0.479. The minimum atomic E-state index is -4.59. The van der Waals surface area contributed by atoms with Crippen LogP contribution in [0.1, 0.15) is 27.9 Å². The number of nitrogen functional groups attached to an aromatic ring is 1. The molecule has 1 aromatic heterocycles. The molecule has 0 saturated heterocycles. The van der Waals surface area contributed by atoms with Gasteiger partial charge in [0.15, 0.2) is 0 Å². The van der Waals surface area contributed by atoms with Crippen LogP contribution in [0.15, 0.2) is 54.7 Å². The number of carbonyl (C=O) groups is 1. The molecule has 1 unspecified atom stereocenters. The molecule has 6 nitrogen and oxygen atoms in total. The van der Waals surface area contributed by atoms with E-state index in [1.807, 2.05) is 0 Å². The Kier molecular flexibility index (Phi) is 4.27. The highest BCUT2D eigenvalue weighted by Crippen LogP contribution is 2.53. The number of carbonyl (C=O) groups excluding carboxylic acids is 1. The summed E-state index contributed by atoms with van der Waals surface area (Å²) < 4.78 is 46.4. The summed E-state index contributed by atoms with van der Waals surface area (Å²) in [5.41, 5.74) is 6.07. The summed E-state index contributed by atoms with van der Waals surface area (Å²) >= 11 is 0. The maximum atomic E-state index is 13.8. The van der Waals surface area contributed by atoms with Crippen LogP contribution >= 0.6 is 0 Å². The second-order valence-electron chi connectivity index (χ2n) is 7.72. The second kappa shape index (κ2) is 6.81. The molecule has 3 N–H and O–H groups in total. The van der Waals surface area contributed by atoms with E-state index in [0.29, 0.717) is 33.8 Å². The lowest BCUT2D eigenvalue weighted by atomic mass is 9.76. The van der Waals surface area contributed by atoms with Crippen molar-refractivity contribution in [2.75, 3.05) is 17.2 Å². The van der Waals surface area contributed by atoms with E-state index in [1.54, 1.807) is 36.4 Å². The first-order chi connectivity index (χ1) is 15.3. The number of ether oxygens (including phenoxy) is 1. The molecule has 2 aromatic carbocycles. The SMILES string of the molecule is N=Cc1cc2c(cc1N)OCC21C(=O)N(Cc2ncccc2C(F)(F)F)c2ccccc21. The first-order valence-corrected chi connectivity index (χ1v) is 9.77. The number of pyridine rings is 1. The van der Waals surface area contributed by atoms with Gasteiger partial charge in [-0.1, -0.05) is 18.2 Å². The third-order valence-electron chi connectivity index (χ3n) is 6.01. The van der Waals surface area contributed by atoms with Crippen LogP contribution in [0, 0.1) is 5.41 Å². The molecule has 32 heavy (non-hydrogen) atoms. The van der Waals surface area contributed by atoms with Crippen molar-refractivity contribution >= 4 is 23.5 Å². The minimum absolute atomic E-state index is 0.0100. The highest BCUT2D eigenvalue weighted by atomic mass is 19.4. The van der Waals surface area contributed by atoms with Gasteiger partial charge in [0.2, 0.25) is 5.91 Å². The molecule has 162 valence electrons. The molecule has 3 heterocycles. The number of halogens is 3. The molecule has 2 aliphatic heterocycles. The van der Waals surface area contributed by atoms with Gasteiger partial charge in [-0.05, 0) is 29.8 Å². The van der Waals surface area contributed by atoms with Crippen LogP contribution in [-0.4, -0.2) is 23.7 Å². The van der Waals surface area contributed by atoms with E-state index in [9.17, 15) is 18.0 Å². The summed E-state index contributed by atoms with van der Waals surface area (Å²) in [7, 11) is 0. The molecule has 2 aliphatic rings. The summed E-state index contributed by atoms with van der Waals surface area (Å²) in [5.74, 6) is 0.0175. The molecular formula is C23H17F3N4O2. The summed E-state index contributed by atoms with van der Waals surface area (Å²) in [6, 6.07) is 12.4. The number of anilines is 2. The zero-order valence-corrected chi connectivity index (χ0v) is 16.6. The van der Waals surface area contributed by atoms with Gasteiger partial charge in [-0.25, -0.2) is 0 Å². The van der Waals surface area contributed by atoms with Gasteiger partial charge in [0.05, 0.1) is 17.8 Å². The van der Waals surface area contributed by atoms with Crippen molar-refractivity contribution in [1.29, 1.82) is 5.41 Å². The Morgan fingerprint density at radius 2 is 1.97 bits per heavy atom. The van der Waals surface area contributed by atoms with Crippen molar-refractivity contribution in [2.45, 2.75) is 18.1 Å². The van der Waals surface area contributed by atoms with Crippen molar-refractivity contribution in [3.63, 3.8) is 0 Å². The van der Waals surface area contributed by atoms with Crippen molar-refractivity contribution < 1.29 is 22.7 Å². The average Bonchev–Trinajstić information content (AvgIpc) is 3.25. The number of alkyl halides is 3. The number of aromatic nitrogens is 1. The summed E-state index contributed by atoms with van der Waals surface area (Å²) in [6.45, 7) is -0.348. The van der Waals surface area contributed by atoms with Crippen LogP contribution < -0.4 is 15.4 Å². The number of hydrogen-bond acceptors (Lipinski definition) is 5. The van der Waals surface area contributed by atoms with Gasteiger partial charge in [-0.2, -0.15) is 13.2 Å². The number of fused-ring (bicyclic) bond motifs is 4. The fourth-order valence-corrected chi connectivity index (χ4v) is 4.51. The van der Waals surface area contributed by atoms with Crippen molar-refractivity contribution in [3.8, 4) is 5.75 Å². The summed E-state index contributed by atoms with van der Waals surface area (Å²) in [4.78, 5) is 19.1. The van der Waals surface area contributed by atoms with E-state index in [-0.39, 0.29) is 18.8 Å². The lowest BCUT2D eigenvalue weighted by Crippen LogP contribution is -2.42. The van der Waals surface area contributed by atoms with Crippen molar-refractivity contribution in [3.05, 3.63) is 82.7 Å². The Labute approximate surface area is 180 Å². The molecule has 5 rings (SSSR count). The molecular weight excluding hydrogens is 421 g/mol. The maximum absolute atomic E-state index is 13.8. The van der Waals surface area contributed by atoms with Crippen molar-refractivity contribution in [1.82, 2.24) is 4.98 Å². The summed E-state index contributed by atoms with van der Waals surface area (Å²) in [6.07, 6.45) is -2.23. The van der Waals surface area contributed by atoms with Gasteiger partial charge >= 0.3 is 6.18 Å². The smallest absolute Gasteiger partial charge is 0.418 e. The topological polar surface area (TPSA) is 92.3 Å². The zero-order valence-electron chi connectivity index (χ0n) is 16.6. The Morgan fingerprint density at radius 3 is 2.72 bits per heavy atom. The Bertz CT molecular complexity index is 1270. The number of nitrogens with two attached hydrogens (primary N) is 1. The van der Waals surface area contributed by atoms with Crippen LogP contribution in [0.25, 0.3) is 0 Å². The molecule has 0 fully saturated rings. The van der Waals surface area contributed by atoms with Gasteiger partial charge in [-0.3, -0.25) is 9.78 Å². The van der Waals surface area contributed by atoms with E-state index in [4.69, 9.17) is 15.9 Å². The van der Waals surface area contributed by atoms with Crippen LogP contribution in [-0.2, 0) is 22.9 Å². The number of nitrogens with zero attached hydrogens (tertiary/aromatic N) is 2. The van der Waals surface area contributed by atoms with Crippen LogP contribution in [0.5, 0.6) is 5.75 Å². The number of hydrogen-bond donors (Lipinski definition) is 2. The molecule has 9 heteroatoms. The van der Waals surface area contributed by atoms with E-state index < -0.39 is 23.1 Å². The molecule has 0 radical (unpaired) electrons. The predicted molar refractivity (Wildman–Crippen MR) is 112 cm³/mol. The van der Waals surface area contributed by atoms with E-state index in [1.165, 1.54) is 17.2 Å². The Morgan fingerprint density at radius 1 is 1.19 bits per heavy atom. The molecule has 0 bridgehead atoms. The first kappa shape index (κ1) is 20.0. The third kappa shape index (κ3) is 2.70. The molecule has 1 amide bonds. The fourth-order valence-electron chi connectivity index (χ4n) is 4.51. The zero-order chi connectivity index (χ0) is 22.7. The van der Waals surface area contributed by atoms with Crippen LogP contribution in [0.2, 0.25) is 0 Å². The lowest BCUT2D eigenvalue weighted by Gasteiger charge is -2.24. The monoisotopic (exact) mass is 438 g/mol. The second-order valence-corrected chi connectivity index (χ2v) is 7.72. The Hall–Kier alpha value is -3.88. The van der Waals surface area contributed by atoms with Gasteiger partial charge in [-0.15, -0.1) is 0 Å². The van der Waals surface area contributed by atoms with Crippen molar-refractivity contribution in [2.24, 2.45) is 0 Å².